The maximum absolute atomic E-state index is 10.2. The molecule has 0 aromatic carbocycles. The van der Waals surface area contributed by atoms with Gasteiger partial charge in [0.15, 0.2) is 0 Å². The van der Waals surface area contributed by atoms with Gasteiger partial charge in [-0.15, -0.1) is 0 Å². The second-order valence-electron chi connectivity index (χ2n) is 2.40. The molecule has 11 heavy (non-hydrogen) atoms. The number of hydrogen-bond donors (Lipinski definition) is 3. The van der Waals surface area contributed by atoms with Gasteiger partial charge in [0.2, 0.25) is 5.91 Å². The highest BCUT2D eigenvalue weighted by Gasteiger charge is 1.92. The van der Waals surface area contributed by atoms with Crippen LogP contribution in [0.5, 0.6) is 0 Å². The van der Waals surface area contributed by atoms with Gasteiger partial charge in [0.05, 0.1) is 6.61 Å². The first-order chi connectivity index (χ1) is 5.27. The van der Waals surface area contributed by atoms with Gasteiger partial charge in [-0.3, -0.25) is 4.79 Å². The lowest BCUT2D eigenvalue weighted by atomic mass is 10.2. The molecule has 0 fully saturated rings. The van der Waals surface area contributed by atoms with Gasteiger partial charge >= 0.3 is 0 Å². The van der Waals surface area contributed by atoms with Gasteiger partial charge in [-0.2, -0.15) is 0 Å². The number of primary amides is 1. The van der Waals surface area contributed by atoms with Gasteiger partial charge < -0.3 is 16.2 Å². The molecule has 4 nitrogen and oxygen atoms in total. The third-order valence-electron chi connectivity index (χ3n) is 1.32. The summed E-state index contributed by atoms with van der Waals surface area (Å²) in [6.07, 6.45) is 2.22. The van der Waals surface area contributed by atoms with E-state index in [1.807, 2.05) is 0 Å². The second-order valence-corrected chi connectivity index (χ2v) is 2.40. The van der Waals surface area contributed by atoms with E-state index in [4.69, 9.17) is 10.8 Å². The van der Waals surface area contributed by atoms with E-state index in [9.17, 15) is 4.79 Å². The molecular weight excluding hydrogens is 144 g/mol. The van der Waals surface area contributed by atoms with Crippen molar-refractivity contribution in [3.8, 4) is 0 Å². The Balaban J connectivity index is 2.85. The fraction of sp³-hybridized carbons (Fsp3) is 0.857. The minimum atomic E-state index is -0.243. The van der Waals surface area contributed by atoms with Crippen LogP contribution < -0.4 is 11.1 Å². The molecule has 0 aliphatic carbocycles. The van der Waals surface area contributed by atoms with Crippen LogP contribution in [0.3, 0.4) is 0 Å². The fourth-order valence-corrected chi connectivity index (χ4v) is 0.753. The predicted molar refractivity (Wildman–Crippen MR) is 43.0 cm³/mol. The van der Waals surface area contributed by atoms with Crippen molar-refractivity contribution in [3.63, 3.8) is 0 Å². The maximum atomic E-state index is 10.2. The van der Waals surface area contributed by atoms with Crippen LogP contribution in [-0.4, -0.2) is 30.7 Å². The monoisotopic (exact) mass is 160 g/mol. The molecule has 0 spiro atoms. The lowest BCUT2D eigenvalue weighted by molar-refractivity contribution is -0.118. The maximum Gasteiger partial charge on any atom is 0.217 e. The summed E-state index contributed by atoms with van der Waals surface area (Å²) in [6.45, 7) is 1.63. The largest absolute Gasteiger partial charge is 0.395 e. The number of nitrogens with two attached hydrogens (primary N) is 1. The molecule has 0 heterocycles. The zero-order valence-corrected chi connectivity index (χ0v) is 6.68. The smallest absolute Gasteiger partial charge is 0.217 e. The Bertz CT molecular complexity index is 107. The molecule has 0 bridgehead atoms. The second kappa shape index (κ2) is 7.50. The summed E-state index contributed by atoms with van der Waals surface area (Å²) in [5, 5.41) is 11.4. The average Bonchev–Trinajstić information content (AvgIpc) is 1.96. The van der Waals surface area contributed by atoms with E-state index in [-0.39, 0.29) is 12.5 Å². The quantitative estimate of drug-likeness (QED) is 0.428. The summed E-state index contributed by atoms with van der Waals surface area (Å²) in [4.78, 5) is 10.2. The van der Waals surface area contributed by atoms with E-state index in [1.165, 1.54) is 0 Å². The Hall–Kier alpha value is -0.610. The van der Waals surface area contributed by atoms with E-state index in [1.54, 1.807) is 0 Å². The van der Waals surface area contributed by atoms with Crippen LogP contribution in [0.1, 0.15) is 19.3 Å². The van der Waals surface area contributed by atoms with Crippen molar-refractivity contribution < 1.29 is 9.90 Å². The van der Waals surface area contributed by atoms with Gasteiger partial charge in [-0.1, -0.05) is 0 Å². The number of amides is 1. The van der Waals surface area contributed by atoms with E-state index >= 15 is 0 Å². The number of aliphatic hydroxyl groups excluding tert-OH is 1. The Morgan fingerprint density at radius 3 is 2.64 bits per heavy atom. The van der Waals surface area contributed by atoms with Crippen LogP contribution >= 0.6 is 0 Å². The minimum absolute atomic E-state index is 0.163. The van der Waals surface area contributed by atoms with Crippen molar-refractivity contribution in [3.05, 3.63) is 0 Å². The van der Waals surface area contributed by atoms with Crippen LogP contribution in [0.15, 0.2) is 0 Å². The summed E-state index contributed by atoms with van der Waals surface area (Å²) >= 11 is 0. The first-order valence-corrected chi connectivity index (χ1v) is 3.87. The fourth-order valence-electron chi connectivity index (χ4n) is 0.753. The standard InChI is InChI=1S/C7H16N2O2/c8-7(11)3-1-2-4-9-5-6-10/h9-10H,1-6H2,(H2,8,11). The molecule has 0 aromatic rings. The van der Waals surface area contributed by atoms with Crippen molar-refractivity contribution in [2.75, 3.05) is 19.7 Å². The number of unbranched alkanes of at least 4 members (excludes halogenated alkanes) is 1. The highest BCUT2D eigenvalue weighted by molar-refractivity contribution is 5.73. The lowest BCUT2D eigenvalue weighted by Gasteiger charge is -2.00. The van der Waals surface area contributed by atoms with E-state index in [2.05, 4.69) is 5.32 Å². The zero-order chi connectivity index (χ0) is 8.53. The van der Waals surface area contributed by atoms with Crippen molar-refractivity contribution in [1.29, 1.82) is 0 Å². The van der Waals surface area contributed by atoms with Crippen molar-refractivity contribution in [2.45, 2.75) is 19.3 Å². The zero-order valence-electron chi connectivity index (χ0n) is 6.68. The summed E-state index contributed by atoms with van der Waals surface area (Å²) in [6, 6.07) is 0. The van der Waals surface area contributed by atoms with Crippen molar-refractivity contribution in [1.82, 2.24) is 5.32 Å². The Morgan fingerprint density at radius 1 is 1.36 bits per heavy atom. The number of rotatable bonds is 7. The molecule has 1 amide bonds. The third-order valence-corrected chi connectivity index (χ3v) is 1.32. The highest BCUT2D eigenvalue weighted by atomic mass is 16.3. The predicted octanol–water partition coefficient (Wildman–Crippen LogP) is -0.776. The lowest BCUT2D eigenvalue weighted by Crippen LogP contribution is -2.19. The Kier molecular flexibility index (Phi) is 7.08. The van der Waals surface area contributed by atoms with E-state index < -0.39 is 0 Å². The number of aliphatic hydroxyl groups is 1. The number of carbonyl (C=O) groups excluding carboxylic acids is 1. The first-order valence-electron chi connectivity index (χ1n) is 3.87. The molecule has 66 valence electrons. The van der Waals surface area contributed by atoms with Gasteiger partial charge in [0.25, 0.3) is 0 Å². The van der Waals surface area contributed by atoms with Crippen LogP contribution in [0.4, 0.5) is 0 Å². The van der Waals surface area contributed by atoms with Crippen LogP contribution in [0.25, 0.3) is 0 Å². The molecule has 0 saturated carbocycles. The van der Waals surface area contributed by atoms with Crippen LogP contribution in [-0.2, 0) is 4.79 Å². The van der Waals surface area contributed by atoms with Gasteiger partial charge in [-0.05, 0) is 19.4 Å². The molecule has 0 atom stereocenters. The SMILES string of the molecule is NC(=O)CCCCNCCO. The van der Waals surface area contributed by atoms with Crippen LogP contribution in [0.2, 0.25) is 0 Å². The molecule has 0 saturated heterocycles. The topological polar surface area (TPSA) is 75.4 Å². The molecule has 4 N–H and O–H groups in total. The summed E-state index contributed by atoms with van der Waals surface area (Å²) < 4.78 is 0. The third kappa shape index (κ3) is 9.39. The molecule has 0 rings (SSSR count). The Morgan fingerprint density at radius 2 is 2.09 bits per heavy atom. The molecule has 0 radical (unpaired) electrons. The minimum Gasteiger partial charge on any atom is -0.395 e. The van der Waals surface area contributed by atoms with Crippen LogP contribution in [0, 0.1) is 0 Å². The summed E-state index contributed by atoms with van der Waals surface area (Å²) in [5.41, 5.74) is 4.93. The highest BCUT2D eigenvalue weighted by Crippen LogP contribution is 1.91. The summed E-state index contributed by atoms with van der Waals surface area (Å²) in [5.74, 6) is -0.243. The van der Waals surface area contributed by atoms with Crippen molar-refractivity contribution in [2.24, 2.45) is 5.73 Å². The molecular formula is C7H16N2O2. The van der Waals surface area contributed by atoms with Gasteiger partial charge in [-0.25, -0.2) is 0 Å². The molecule has 0 aliphatic heterocycles. The molecule has 4 heteroatoms. The van der Waals surface area contributed by atoms with E-state index in [0.29, 0.717) is 13.0 Å². The number of hydrogen-bond acceptors (Lipinski definition) is 3. The number of carbonyl (C=O) groups is 1. The van der Waals surface area contributed by atoms with Crippen molar-refractivity contribution >= 4 is 5.91 Å². The normalized spacial score (nSPS) is 9.91. The molecule has 0 aliphatic rings. The number of nitrogens with one attached hydrogen (secondary N) is 1. The van der Waals surface area contributed by atoms with Gasteiger partial charge in [0, 0.05) is 13.0 Å². The summed E-state index contributed by atoms with van der Waals surface area (Å²) in [7, 11) is 0. The Labute approximate surface area is 66.8 Å². The van der Waals surface area contributed by atoms with E-state index in [0.717, 1.165) is 19.4 Å². The first kappa shape index (κ1) is 10.4. The molecule has 0 aromatic heterocycles. The van der Waals surface area contributed by atoms with Gasteiger partial charge in [0.1, 0.15) is 0 Å². The average molecular weight is 160 g/mol. The molecule has 0 unspecified atom stereocenters.